The lowest BCUT2D eigenvalue weighted by atomic mass is 10.0. The number of carbonyl (C=O) groups excluding carboxylic acids is 1. The largest absolute Gasteiger partial charge is 0.493 e. The van der Waals surface area contributed by atoms with E-state index in [-0.39, 0.29) is 5.91 Å². The van der Waals surface area contributed by atoms with Gasteiger partial charge in [0, 0.05) is 46.9 Å². The van der Waals surface area contributed by atoms with Gasteiger partial charge in [0.25, 0.3) is 5.91 Å². The monoisotopic (exact) mass is 421 g/mol. The predicted octanol–water partition coefficient (Wildman–Crippen LogP) is 4.19. The first-order valence-electron chi connectivity index (χ1n) is 10.8. The number of rotatable bonds is 6. The van der Waals surface area contributed by atoms with Crippen molar-refractivity contribution in [3.8, 4) is 22.8 Å². The molecule has 4 rings (SSSR count). The molecule has 2 heterocycles. The van der Waals surface area contributed by atoms with Crippen LogP contribution in [-0.2, 0) is 6.42 Å². The Kier molecular flexibility index (Phi) is 5.92. The summed E-state index contributed by atoms with van der Waals surface area (Å²) in [6.07, 6.45) is 1.88. The van der Waals surface area contributed by atoms with E-state index in [4.69, 9.17) is 9.47 Å². The molecule has 1 aliphatic rings. The summed E-state index contributed by atoms with van der Waals surface area (Å²) < 4.78 is 10.9. The standard InChI is InChI=1S/C25H31N3O3/c1-6-19-20-13-17(25(29)28-12-11-18(15-28)27(2)3)7-9-21(20)26-24(19)16-8-10-22(30-4)23(14-16)31-5/h7-10,13-14,18,26H,6,11-12,15H2,1-5H3/t18-/m0/s1. The number of H-pyrrole nitrogens is 1. The molecule has 1 fully saturated rings. The number of methoxy groups -OCH3 is 2. The van der Waals surface area contributed by atoms with Gasteiger partial charge in [-0.25, -0.2) is 0 Å². The normalized spacial score (nSPS) is 16.3. The quantitative estimate of drug-likeness (QED) is 0.648. The summed E-state index contributed by atoms with van der Waals surface area (Å²) >= 11 is 0. The van der Waals surface area contributed by atoms with Crippen LogP contribution in [0.4, 0.5) is 0 Å². The van der Waals surface area contributed by atoms with Crippen LogP contribution >= 0.6 is 0 Å². The Hall–Kier alpha value is -2.99. The van der Waals surface area contributed by atoms with Gasteiger partial charge in [-0.3, -0.25) is 4.79 Å². The Balaban J connectivity index is 1.70. The Morgan fingerprint density at radius 2 is 1.90 bits per heavy atom. The fourth-order valence-corrected chi connectivity index (χ4v) is 4.52. The number of aromatic nitrogens is 1. The summed E-state index contributed by atoms with van der Waals surface area (Å²) in [5.74, 6) is 1.51. The number of benzene rings is 2. The van der Waals surface area contributed by atoms with E-state index < -0.39 is 0 Å². The maximum Gasteiger partial charge on any atom is 0.253 e. The van der Waals surface area contributed by atoms with Crippen LogP contribution in [0.2, 0.25) is 0 Å². The number of amides is 1. The van der Waals surface area contributed by atoms with Crippen LogP contribution in [0.15, 0.2) is 36.4 Å². The van der Waals surface area contributed by atoms with Crippen molar-refractivity contribution in [2.24, 2.45) is 0 Å². The number of fused-ring (bicyclic) bond motifs is 1. The van der Waals surface area contributed by atoms with E-state index in [0.29, 0.717) is 17.5 Å². The van der Waals surface area contributed by atoms with Crippen LogP contribution in [-0.4, -0.2) is 68.1 Å². The van der Waals surface area contributed by atoms with Gasteiger partial charge in [0.2, 0.25) is 0 Å². The highest BCUT2D eigenvalue weighted by Gasteiger charge is 2.28. The topological polar surface area (TPSA) is 57.8 Å². The van der Waals surface area contributed by atoms with Gasteiger partial charge in [0.15, 0.2) is 11.5 Å². The number of likely N-dealkylation sites (N-methyl/N-ethyl adjacent to an activating group) is 1. The molecular weight excluding hydrogens is 390 g/mol. The lowest BCUT2D eigenvalue weighted by Gasteiger charge is -2.20. The highest BCUT2D eigenvalue weighted by Crippen LogP contribution is 2.36. The van der Waals surface area contributed by atoms with Crippen molar-refractivity contribution in [2.75, 3.05) is 41.4 Å². The molecule has 0 bridgehead atoms. The minimum Gasteiger partial charge on any atom is -0.493 e. The van der Waals surface area contributed by atoms with E-state index in [1.807, 2.05) is 41.3 Å². The number of ether oxygens (including phenoxy) is 2. The minimum atomic E-state index is 0.113. The molecule has 1 aromatic heterocycles. The molecular formula is C25H31N3O3. The molecule has 0 radical (unpaired) electrons. The molecule has 1 amide bonds. The second-order valence-electron chi connectivity index (χ2n) is 8.32. The minimum absolute atomic E-state index is 0.113. The van der Waals surface area contributed by atoms with E-state index in [1.165, 1.54) is 5.56 Å². The Morgan fingerprint density at radius 3 is 2.55 bits per heavy atom. The number of carbonyl (C=O) groups is 1. The first kappa shape index (κ1) is 21.2. The number of hydrogen-bond acceptors (Lipinski definition) is 4. The molecule has 0 aliphatic carbocycles. The van der Waals surface area contributed by atoms with Crippen LogP contribution in [0.25, 0.3) is 22.2 Å². The van der Waals surface area contributed by atoms with Crippen molar-refractivity contribution >= 4 is 16.8 Å². The maximum absolute atomic E-state index is 13.2. The van der Waals surface area contributed by atoms with E-state index >= 15 is 0 Å². The molecule has 1 saturated heterocycles. The number of aromatic amines is 1. The second-order valence-corrected chi connectivity index (χ2v) is 8.32. The lowest BCUT2D eigenvalue weighted by molar-refractivity contribution is 0.0783. The smallest absolute Gasteiger partial charge is 0.253 e. The van der Waals surface area contributed by atoms with E-state index in [1.54, 1.807) is 14.2 Å². The molecule has 3 aromatic rings. The van der Waals surface area contributed by atoms with Crippen molar-refractivity contribution in [3.63, 3.8) is 0 Å². The third-order valence-electron chi connectivity index (χ3n) is 6.36. The summed E-state index contributed by atoms with van der Waals surface area (Å²) in [6.45, 7) is 3.74. The molecule has 1 aliphatic heterocycles. The molecule has 0 saturated carbocycles. The number of likely N-dealkylation sites (tertiary alicyclic amines) is 1. The first-order valence-corrected chi connectivity index (χ1v) is 10.8. The van der Waals surface area contributed by atoms with Crippen LogP contribution in [0, 0.1) is 0 Å². The van der Waals surface area contributed by atoms with Gasteiger partial charge in [-0.05, 0) is 68.9 Å². The number of nitrogens with one attached hydrogen (secondary N) is 1. The average Bonchev–Trinajstić information content (AvgIpc) is 3.42. The third-order valence-corrected chi connectivity index (χ3v) is 6.36. The van der Waals surface area contributed by atoms with Crippen LogP contribution in [0.1, 0.15) is 29.3 Å². The first-order chi connectivity index (χ1) is 15.0. The molecule has 1 N–H and O–H groups in total. The molecule has 1 atom stereocenters. The number of aryl methyl sites for hydroxylation is 1. The van der Waals surface area contributed by atoms with E-state index in [0.717, 1.165) is 53.7 Å². The number of nitrogens with zero attached hydrogens (tertiary/aromatic N) is 2. The van der Waals surface area contributed by atoms with Crippen LogP contribution < -0.4 is 9.47 Å². The summed E-state index contributed by atoms with van der Waals surface area (Å²) in [7, 11) is 7.43. The third kappa shape index (κ3) is 3.88. The Labute approximate surface area is 183 Å². The predicted molar refractivity (Wildman–Crippen MR) is 124 cm³/mol. The summed E-state index contributed by atoms with van der Waals surface area (Å²) in [6, 6.07) is 12.4. The zero-order valence-electron chi connectivity index (χ0n) is 19.0. The van der Waals surface area contributed by atoms with Crippen molar-refractivity contribution in [3.05, 3.63) is 47.5 Å². The fourth-order valence-electron chi connectivity index (χ4n) is 4.52. The second kappa shape index (κ2) is 8.63. The molecule has 164 valence electrons. The fraction of sp³-hybridized carbons (Fsp3) is 0.400. The zero-order chi connectivity index (χ0) is 22.1. The van der Waals surface area contributed by atoms with Gasteiger partial charge in [-0.2, -0.15) is 0 Å². The highest BCUT2D eigenvalue weighted by atomic mass is 16.5. The molecule has 31 heavy (non-hydrogen) atoms. The van der Waals surface area contributed by atoms with Gasteiger partial charge >= 0.3 is 0 Å². The summed E-state index contributed by atoms with van der Waals surface area (Å²) in [5.41, 5.74) is 5.07. The van der Waals surface area contributed by atoms with Gasteiger partial charge in [-0.15, -0.1) is 0 Å². The molecule has 6 nitrogen and oxygen atoms in total. The van der Waals surface area contributed by atoms with Crippen molar-refractivity contribution in [1.82, 2.24) is 14.8 Å². The SMILES string of the molecule is CCc1c(-c2ccc(OC)c(OC)c2)[nH]c2ccc(C(=O)N3CC[C@H](N(C)C)C3)cc12. The van der Waals surface area contributed by atoms with Gasteiger partial charge in [-0.1, -0.05) is 6.92 Å². The Morgan fingerprint density at radius 1 is 1.13 bits per heavy atom. The van der Waals surface area contributed by atoms with Crippen LogP contribution in [0.5, 0.6) is 11.5 Å². The molecule has 0 unspecified atom stereocenters. The van der Waals surface area contributed by atoms with Crippen LogP contribution in [0.3, 0.4) is 0 Å². The van der Waals surface area contributed by atoms with Gasteiger partial charge < -0.3 is 24.3 Å². The Bertz CT molecular complexity index is 1100. The molecule has 6 heteroatoms. The van der Waals surface area contributed by atoms with Crippen molar-refractivity contribution in [1.29, 1.82) is 0 Å². The van der Waals surface area contributed by atoms with E-state index in [2.05, 4.69) is 30.9 Å². The van der Waals surface area contributed by atoms with Gasteiger partial charge in [0.1, 0.15) is 0 Å². The van der Waals surface area contributed by atoms with Crippen molar-refractivity contribution in [2.45, 2.75) is 25.8 Å². The molecule has 0 spiro atoms. The highest BCUT2D eigenvalue weighted by molar-refractivity contribution is 6.00. The lowest BCUT2D eigenvalue weighted by Crippen LogP contribution is -2.34. The van der Waals surface area contributed by atoms with E-state index in [9.17, 15) is 4.79 Å². The molecule has 2 aromatic carbocycles. The van der Waals surface area contributed by atoms with Gasteiger partial charge in [0.05, 0.1) is 14.2 Å². The zero-order valence-corrected chi connectivity index (χ0v) is 19.0. The maximum atomic E-state index is 13.2. The summed E-state index contributed by atoms with van der Waals surface area (Å²) in [4.78, 5) is 20.9. The van der Waals surface area contributed by atoms with Crippen molar-refractivity contribution < 1.29 is 14.3 Å². The summed E-state index contributed by atoms with van der Waals surface area (Å²) in [5, 5.41) is 1.10. The average molecular weight is 422 g/mol. The number of hydrogen-bond donors (Lipinski definition) is 1.